The standard InChI is InChI=1S/C11H10F3N3S/c12-11(13,14)6-9(8-4-2-1-3-5-8)16-10-17-15-7-18-10/h1-5,7,9H,6H2,(H,16,17). The number of hydrogen-bond acceptors (Lipinski definition) is 4. The topological polar surface area (TPSA) is 37.8 Å². The summed E-state index contributed by atoms with van der Waals surface area (Å²) in [5.41, 5.74) is 2.04. The first-order valence-electron chi connectivity index (χ1n) is 5.19. The summed E-state index contributed by atoms with van der Waals surface area (Å²) in [6.07, 6.45) is -5.19. The lowest BCUT2D eigenvalue weighted by Crippen LogP contribution is -2.20. The average Bonchev–Trinajstić information content (AvgIpc) is 2.80. The van der Waals surface area contributed by atoms with E-state index in [-0.39, 0.29) is 0 Å². The summed E-state index contributed by atoms with van der Waals surface area (Å²) in [5, 5.41) is 10.4. The summed E-state index contributed by atoms with van der Waals surface area (Å²) in [6, 6.07) is 7.65. The zero-order valence-corrected chi connectivity index (χ0v) is 10.0. The highest BCUT2D eigenvalue weighted by molar-refractivity contribution is 7.13. The van der Waals surface area contributed by atoms with Gasteiger partial charge in [0.05, 0.1) is 12.5 Å². The van der Waals surface area contributed by atoms with Gasteiger partial charge in [-0.25, -0.2) is 0 Å². The van der Waals surface area contributed by atoms with Crippen LogP contribution in [0.2, 0.25) is 0 Å². The molecule has 3 nitrogen and oxygen atoms in total. The first-order valence-corrected chi connectivity index (χ1v) is 6.07. The lowest BCUT2D eigenvalue weighted by Gasteiger charge is -2.19. The Morgan fingerprint density at radius 1 is 1.22 bits per heavy atom. The molecule has 0 aliphatic carbocycles. The monoisotopic (exact) mass is 273 g/mol. The second kappa shape index (κ2) is 5.34. The van der Waals surface area contributed by atoms with Crippen molar-refractivity contribution in [2.45, 2.75) is 18.6 Å². The molecule has 1 atom stereocenters. The molecular formula is C11H10F3N3S. The Morgan fingerprint density at radius 2 is 1.94 bits per heavy atom. The number of benzene rings is 1. The number of nitrogens with zero attached hydrogens (tertiary/aromatic N) is 2. The number of hydrogen-bond donors (Lipinski definition) is 1. The normalized spacial score (nSPS) is 13.3. The van der Waals surface area contributed by atoms with Crippen molar-refractivity contribution in [2.75, 3.05) is 5.32 Å². The van der Waals surface area contributed by atoms with Crippen LogP contribution in [0.15, 0.2) is 35.8 Å². The van der Waals surface area contributed by atoms with E-state index in [1.165, 1.54) is 16.8 Å². The van der Waals surface area contributed by atoms with E-state index < -0.39 is 18.6 Å². The van der Waals surface area contributed by atoms with Gasteiger partial charge in [-0.05, 0) is 5.56 Å². The van der Waals surface area contributed by atoms with E-state index in [1.54, 1.807) is 30.3 Å². The zero-order valence-electron chi connectivity index (χ0n) is 9.19. The summed E-state index contributed by atoms with van der Waals surface area (Å²) in [5.74, 6) is 0. The second-order valence-corrected chi connectivity index (χ2v) is 4.50. The predicted octanol–water partition coefficient (Wildman–Crippen LogP) is 3.64. The molecule has 0 fully saturated rings. The smallest absolute Gasteiger partial charge is 0.353 e. The van der Waals surface area contributed by atoms with Crippen LogP contribution in [0.5, 0.6) is 0 Å². The van der Waals surface area contributed by atoms with E-state index in [0.29, 0.717) is 10.7 Å². The van der Waals surface area contributed by atoms with E-state index in [0.717, 1.165) is 0 Å². The van der Waals surface area contributed by atoms with Crippen molar-refractivity contribution in [1.29, 1.82) is 0 Å². The minimum Gasteiger partial charge on any atom is -0.353 e. The highest BCUT2D eigenvalue weighted by Gasteiger charge is 2.33. The average molecular weight is 273 g/mol. The molecule has 0 saturated carbocycles. The number of anilines is 1. The van der Waals surface area contributed by atoms with Gasteiger partial charge in [0.25, 0.3) is 0 Å². The molecule has 2 aromatic rings. The highest BCUT2D eigenvalue weighted by atomic mass is 32.1. The van der Waals surface area contributed by atoms with E-state index in [4.69, 9.17) is 0 Å². The Hall–Kier alpha value is -1.63. The van der Waals surface area contributed by atoms with Crippen molar-refractivity contribution >= 4 is 16.5 Å². The molecule has 1 unspecified atom stereocenters. The van der Waals surface area contributed by atoms with Gasteiger partial charge < -0.3 is 5.32 Å². The number of halogens is 3. The molecule has 0 spiro atoms. The molecule has 96 valence electrons. The fourth-order valence-electron chi connectivity index (χ4n) is 1.55. The van der Waals surface area contributed by atoms with Gasteiger partial charge in [0, 0.05) is 0 Å². The van der Waals surface area contributed by atoms with Gasteiger partial charge in [-0.15, -0.1) is 10.2 Å². The minimum atomic E-state index is -4.24. The third kappa shape index (κ3) is 3.69. The molecule has 0 amide bonds. The maximum Gasteiger partial charge on any atom is 0.391 e. The Balaban J connectivity index is 2.18. The fourth-order valence-corrected chi connectivity index (χ4v) is 2.05. The molecule has 1 aromatic carbocycles. The fraction of sp³-hybridized carbons (Fsp3) is 0.273. The van der Waals surface area contributed by atoms with E-state index in [1.807, 2.05) is 0 Å². The van der Waals surface area contributed by atoms with Gasteiger partial charge in [-0.3, -0.25) is 0 Å². The van der Waals surface area contributed by atoms with E-state index in [9.17, 15) is 13.2 Å². The molecule has 0 bridgehead atoms. The van der Waals surface area contributed by atoms with Crippen molar-refractivity contribution < 1.29 is 13.2 Å². The SMILES string of the molecule is FC(F)(F)CC(Nc1nncs1)c1ccccc1. The van der Waals surface area contributed by atoms with Crippen LogP contribution >= 0.6 is 11.3 Å². The van der Waals surface area contributed by atoms with Crippen LogP contribution in [0.1, 0.15) is 18.0 Å². The molecule has 1 N–H and O–H groups in total. The molecule has 1 aromatic heterocycles. The van der Waals surface area contributed by atoms with Crippen molar-refractivity contribution in [3.63, 3.8) is 0 Å². The number of aromatic nitrogens is 2. The predicted molar refractivity (Wildman–Crippen MR) is 63.4 cm³/mol. The van der Waals surface area contributed by atoms with Crippen LogP contribution in [-0.4, -0.2) is 16.4 Å². The van der Waals surface area contributed by atoms with Gasteiger partial charge >= 0.3 is 6.18 Å². The lowest BCUT2D eigenvalue weighted by molar-refractivity contribution is -0.137. The number of alkyl halides is 3. The van der Waals surface area contributed by atoms with Crippen LogP contribution in [0.3, 0.4) is 0 Å². The molecular weight excluding hydrogens is 263 g/mol. The van der Waals surface area contributed by atoms with Crippen LogP contribution in [0.4, 0.5) is 18.3 Å². The number of rotatable bonds is 4. The molecule has 0 aliphatic rings. The van der Waals surface area contributed by atoms with Gasteiger partial charge in [0.2, 0.25) is 5.13 Å². The summed E-state index contributed by atoms with van der Waals surface area (Å²) >= 11 is 1.17. The summed E-state index contributed by atoms with van der Waals surface area (Å²) < 4.78 is 37.6. The first-order chi connectivity index (χ1) is 8.54. The summed E-state index contributed by atoms with van der Waals surface area (Å²) in [7, 11) is 0. The highest BCUT2D eigenvalue weighted by Crippen LogP contribution is 2.32. The molecule has 0 saturated heterocycles. The Morgan fingerprint density at radius 3 is 2.50 bits per heavy atom. The lowest BCUT2D eigenvalue weighted by atomic mass is 10.0. The minimum absolute atomic E-state index is 0.383. The van der Waals surface area contributed by atoms with Crippen molar-refractivity contribution in [3.8, 4) is 0 Å². The van der Waals surface area contributed by atoms with E-state index in [2.05, 4.69) is 15.5 Å². The third-order valence-electron chi connectivity index (χ3n) is 2.30. The molecule has 2 rings (SSSR count). The van der Waals surface area contributed by atoms with Crippen LogP contribution in [0, 0.1) is 0 Å². The largest absolute Gasteiger partial charge is 0.391 e. The van der Waals surface area contributed by atoms with Gasteiger partial charge in [0.15, 0.2) is 0 Å². The first kappa shape index (κ1) is 12.8. The maximum absolute atomic E-state index is 12.5. The van der Waals surface area contributed by atoms with Gasteiger partial charge in [0.1, 0.15) is 5.51 Å². The molecule has 1 heterocycles. The van der Waals surface area contributed by atoms with E-state index >= 15 is 0 Å². The van der Waals surface area contributed by atoms with Crippen LogP contribution < -0.4 is 5.32 Å². The van der Waals surface area contributed by atoms with Crippen molar-refractivity contribution in [1.82, 2.24) is 10.2 Å². The number of nitrogens with one attached hydrogen (secondary N) is 1. The van der Waals surface area contributed by atoms with Crippen LogP contribution in [-0.2, 0) is 0 Å². The Bertz CT molecular complexity index is 470. The second-order valence-electron chi connectivity index (χ2n) is 3.67. The van der Waals surface area contributed by atoms with Gasteiger partial charge in [-0.2, -0.15) is 13.2 Å². The molecule has 0 aliphatic heterocycles. The molecule has 0 radical (unpaired) electrons. The Kier molecular flexibility index (Phi) is 3.81. The van der Waals surface area contributed by atoms with Crippen molar-refractivity contribution in [3.05, 3.63) is 41.4 Å². The maximum atomic E-state index is 12.5. The van der Waals surface area contributed by atoms with Crippen LogP contribution in [0.25, 0.3) is 0 Å². The van der Waals surface area contributed by atoms with Crippen molar-refractivity contribution in [2.24, 2.45) is 0 Å². The summed E-state index contributed by atoms with van der Waals surface area (Å²) in [4.78, 5) is 0. The Labute approximate surface area is 106 Å². The summed E-state index contributed by atoms with van der Waals surface area (Å²) in [6.45, 7) is 0. The van der Waals surface area contributed by atoms with Gasteiger partial charge in [-0.1, -0.05) is 41.7 Å². The molecule has 18 heavy (non-hydrogen) atoms. The quantitative estimate of drug-likeness (QED) is 0.924. The third-order valence-corrected chi connectivity index (χ3v) is 2.92. The zero-order chi connectivity index (χ0) is 13.0. The molecule has 7 heteroatoms.